The van der Waals surface area contributed by atoms with E-state index < -0.39 is 6.16 Å². The molecule has 1 amide bonds. The summed E-state index contributed by atoms with van der Waals surface area (Å²) in [5, 5.41) is 17.7. The van der Waals surface area contributed by atoms with Gasteiger partial charge in [-0.3, -0.25) is 4.79 Å². The first-order valence-electron chi connectivity index (χ1n) is 14.1. The van der Waals surface area contributed by atoms with Crippen LogP contribution in [-0.2, 0) is 6.42 Å². The van der Waals surface area contributed by atoms with Crippen molar-refractivity contribution < 1.29 is 24.5 Å². The smallest absolute Gasteiger partial charge is 0.492 e. The Morgan fingerprint density at radius 2 is 1.71 bits per heavy atom. The van der Waals surface area contributed by atoms with Gasteiger partial charge in [-0.25, -0.2) is 9.78 Å². The van der Waals surface area contributed by atoms with E-state index in [-0.39, 0.29) is 24.4 Å². The van der Waals surface area contributed by atoms with E-state index in [1.165, 1.54) is 24.8 Å². The second-order valence-electron chi connectivity index (χ2n) is 10.3. The van der Waals surface area contributed by atoms with E-state index in [2.05, 4.69) is 35.3 Å². The SMILES string of the molecule is CCc1ccccc1-c1ccc(C(=O)NC2CCCCC2)nc1-c1ccc(Cl)c(OCCCN(C)C)c1.Cl.O=C(O)O. The van der Waals surface area contributed by atoms with Gasteiger partial charge in [0.1, 0.15) is 11.4 Å². The van der Waals surface area contributed by atoms with Crippen molar-refractivity contribution >= 4 is 36.1 Å². The molecule has 0 radical (unpaired) electrons. The van der Waals surface area contributed by atoms with Crippen molar-refractivity contribution in [1.82, 2.24) is 15.2 Å². The molecule has 8 nitrogen and oxygen atoms in total. The lowest BCUT2D eigenvalue weighted by molar-refractivity contribution is 0.0922. The number of hydrogen-bond donors (Lipinski definition) is 3. The van der Waals surface area contributed by atoms with Crippen LogP contribution in [0.25, 0.3) is 22.4 Å². The van der Waals surface area contributed by atoms with Crippen LogP contribution in [0.1, 0.15) is 61.5 Å². The highest BCUT2D eigenvalue weighted by Crippen LogP contribution is 2.37. The summed E-state index contributed by atoms with van der Waals surface area (Å²) >= 11 is 6.50. The number of amides is 1. The maximum absolute atomic E-state index is 13.2. The van der Waals surface area contributed by atoms with E-state index in [4.69, 9.17) is 36.3 Å². The molecule has 10 heteroatoms. The number of rotatable bonds is 10. The van der Waals surface area contributed by atoms with E-state index in [9.17, 15) is 4.79 Å². The van der Waals surface area contributed by atoms with E-state index in [0.717, 1.165) is 54.6 Å². The number of ether oxygens (including phenoxy) is 1. The fraction of sp³-hybridized carbons (Fsp3) is 0.406. The highest BCUT2D eigenvalue weighted by atomic mass is 35.5. The lowest BCUT2D eigenvalue weighted by Crippen LogP contribution is -2.36. The number of halogens is 2. The number of carbonyl (C=O) groups is 2. The van der Waals surface area contributed by atoms with Gasteiger partial charge in [-0.1, -0.05) is 68.1 Å². The van der Waals surface area contributed by atoms with Gasteiger partial charge in [0, 0.05) is 23.7 Å². The Morgan fingerprint density at radius 3 is 2.38 bits per heavy atom. The Bertz CT molecular complexity index is 1310. The monoisotopic (exact) mass is 617 g/mol. The molecular weight excluding hydrogens is 577 g/mol. The quantitative estimate of drug-likeness (QED) is 0.200. The first kappa shape index (κ1) is 34.9. The summed E-state index contributed by atoms with van der Waals surface area (Å²) in [5.41, 5.74) is 5.41. The van der Waals surface area contributed by atoms with Crippen LogP contribution in [0.5, 0.6) is 5.75 Å². The maximum atomic E-state index is 13.2. The van der Waals surface area contributed by atoms with Gasteiger partial charge in [0.15, 0.2) is 0 Å². The molecule has 0 saturated heterocycles. The van der Waals surface area contributed by atoms with Gasteiger partial charge in [0.25, 0.3) is 5.91 Å². The molecule has 3 aromatic rings. The lowest BCUT2D eigenvalue weighted by atomic mass is 9.93. The third kappa shape index (κ3) is 10.5. The number of nitrogens with one attached hydrogen (secondary N) is 1. The number of hydrogen-bond acceptors (Lipinski definition) is 5. The molecule has 1 saturated carbocycles. The third-order valence-corrected chi connectivity index (χ3v) is 7.28. The number of nitrogens with zero attached hydrogens (tertiary/aromatic N) is 2. The standard InChI is InChI=1S/C31H38ClN3O2.CH2O3.ClH/c1-4-22-11-8-9-14-25(22)26-16-18-28(31(36)33-24-12-6-5-7-13-24)34-30(26)23-15-17-27(32)29(21-23)37-20-10-19-35(2)3;2-1(3)4;/h8-9,11,14-18,21,24H,4-7,10,12-13,19-20H2,1-3H3,(H,33,36);(H2,2,3,4);1H. The van der Waals surface area contributed by atoms with E-state index in [1.807, 2.05) is 50.5 Å². The first-order chi connectivity index (χ1) is 19.7. The zero-order chi connectivity index (χ0) is 29.8. The van der Waals surface area contributed by atoms with Crippen molar-refractivity contribution in [2.75, 3.05) is 27.2 Å². The van der Waals surface area contributed by atoms with E-state index in [1.54, 1.807) is 0 Å². The van der Waals surface area contributed by atoms with Gasteiger partial charge in [-0.05, 0) is 75.2 Å². The fourth-order valence-electron chi connectivity index (χ4n) is 4.94. The molecule has 1 aromatic heterocycles. The molecule has 1 heterocycles. The number of aryl methyl sites for hydroxylation is 1. The zero-order valence-corrected chi connectivity index (χ0v) is 26.0. The molecule has 4 rings (SSSR count). The minimum atomic E-state index is -1.83. The van der Waals surface area contributed by atoms with Gasteiger partial charge in [0.2, 0.25) is 0 Å². The number of carbonyl (C=O) groups excluding carboxylic acids is 1. The molecule has 1 aliphatic carbocycles. The van der Waals surface area contributed by atoms with Crippen molar-refractivity contribution in [1.29, 1.82) is 0 Å². The molecule has 0 unspecified atom stereocenters. The number of aromatic nitrogens is 1. The van der Waals surface area contributed by atoms with Crippen LogP contribution in [0.15, 0.2) is 54.6 Å². The minimum Gasteiger partial charge on any atom is -0.492 e. The highest BCUT2D eigenvalue weighted by Gasteiger charge is 2.20. The Labute approximate surface area is 259 Å². The normalized spacial score (nSPS) is 13.0. The van der Waals surface area contributed by atoms with Crippen molar-refractivity contribution in [3.05, 3.63) is 70.9 Å². The second-order valence-corrected chi connectivity index (χ2v) is 10.8. The van der Waals surface area contributed by atoms with Gasteiger partial charge >= 0.3 is 6.16 Å². The Kier molecular flexibility index (Phi) is 14.6. The topological polar surface area (TPSA) is 112 Å². The number of pyridine rings is 1. The number of benzene rings is 2. The summed E-state index contributed by atoms with van der Waals surface area (Å²) < 4.78 is 6.05. The summed E-state index contributed by atoms with van der Waals surface area (Å²) in [6, 6.07) is 18.2. The minimum absolute atomic E-state index is 0. The Balaban J connectivity index is 0.00000116. The molecule has 1 aliphatic rings. The lowest BCUT2D eigenvalue weighted by Gasteiger charge is -2.23. The highest BCUT2D eigenvalue weighted by molar-refractivity contribution is 6.32. The van der Waals surface area contributed by atoms with Gasteiger partial charge in [0.05, 0.1) is 17.3 Å². The summed E-state index contributed by atoms with van der Waals surface area (Å²) in [5.74, 6) is 0.518. The van der Waals surface area contributed by atoms with Crippen molar-refractivity contribution in [2.45, 2.75) is 57.9 Å². The Hall–Kier alpha value is -3.33. The second kappa shape index (κ2) is 17.6. The van der Waals surface area contributed by atoms with Crippen LogP contribution in [-0.4, -0.2) is 65.4 Å². The summed E-state index contributed by atoms with van der Waals surface area (Å²) in [7, 11) is 4.10. The third-order valence-electron chi connectivity index (χ3n) is 6.97. The predicted molar refractivity (Wildman–Crippen MR) is 170 cm³/mol. The molecule has 2 aromatic carbocycles. The maximum Gasteiger partial charge on any atom is 0.503 e. The molecule has 3 N–H and O–H groups in total. The van der Waals surface area contributed by atoms with Crippen LogP contribution in [0, 0.1) is 0 Å². The van der Waals surface area contributed by atoms with Crippen LogP contribution < -0.4 is 10.1 Å². The van der Waals surface area contributed by atoms with E-state index in [0.29, 0.717) is 23.1 Å². The van der Waals surface area contributed by atoms with Gasteiger partial charge < -0.3 is 25.2 Å². The molecule has 0 aliphatic heterocycles. The Morgan fingerprint density at radius 1 is 1.02 bits per heavy atom. The summed E-state index contributed by atoms with van der Waals surface area (Å²) in [6.45, 7) is 3.67. The average molecular weight is 619 g/mol. The van der Waals surface area contributed by atoms with Crippen LogP contribution in [0.2, 0.25) is 5.02 Å². The van der Waals surface area contributed by atoms with Crippen LogP contribution in [0.4, 0.5) is 4.79 Å². The first-order valence-corrected chi connectivity index (χ1v) is 14.5. The molecule has 42 heavy (non-hydrogen) atoms. The predicted octanol–water partition coefficient (Wildman–Crippen LogP) is 7.67. The molecule has 0 spiro atoms. The molecule has 0 atom stereocenters. The summed E-state index contributed by atoms with van der Waals surface area (Å²) in [4.78, 5) is 28.8. The van der Waals surface area contributed by atoms with Crippen LogP contribution in [0.3, 0.4) is 0 Å². The summed E-state index contributed by atoms with van der Waals surface area (Å²) in [6.07, 6.45) is 5.62. The van der Waals surface area contributed by atoms with Crippen molar-refractivity contribution in [3.63, 3.8) is 0 Å². The van der Waals surface area contributed by atoms with Crippen molar-refractivity contribution in [3.8, 4) is 28.1 Å². The van der Waals surface area contributed by atoms with Gasteiger partial charge in [-0.15, -0.1) is 12.4 Å². The average Bonchev–Trinajstić information content (AvgIpc) is 2.96. The zero-order valence-electron chi connectivity index (χ0n) is 24.4. The fourth-order valence-corrected chi connectivity index (χ4v) is 5.12. The molecule has 228 valence electrons. The largest absolute Gasteiger partial charge is 0.503 e. The molecule has 0 bridgehead atoms. The molecular formula is C32H41Cl2N3O5. The van der Waals surface area contributed by atoms with Crippen molar-refractivity contribution in [2.24, 2.45) is 0 Å². The number of carboxylic acid groups (broad SMARTS) is 2. The van der Waals surface area contributed by atoms with Gasteiger partial charge in [-0.2, -0.15) is 0 Å². The molecule has 1 fully saturated rings. The van der Waals surface area contributed by atoms with Crippen LogP contribution >= 0.6 is 24.0 Å². The van der Waals surface area contributed by atoms with E-state index >= 15 is 0 Å².